The molecule has 1 N–H and O–H groups in total. The molecule has 0 fully saturated rings. The van der Waals surface area contributed by atoms with Gasteiger partial charge in [0, 0.05) is 12.1 Å². The fourth-order valence-corrected chi connectivity index (χ4v) is 2.33. The van der Waals surface area contributed by atoms with Crippen LogP contribution in [0.25, 0.3) is 0 Å². The van der Waals surface area contributed by atoms with Crippen molar-refractivity contribution in [1.82, 2.24) is 0 Å². The van der Waals surface area contributed by atoms with Crippen LogP contribution in [-0.2, 0) is 11.3 Å². The smallest absolute Gasteiger partial charge is 0.411 e. The number of rotatable bonds is 5. The zero-order chi connectivity index (χ0) is 20.9. The number of ether oxygens (including phenoxy) is 3. The average molecular weight is 389 g/mol. The molecule has 0 unspecified atom stereocenters. The zero-order valence-corrected chi connectivity index (χ0v) is 17.3. The predicted molar refractivity (Wildman–Crippen MR) is 107 cm³/mol. The SMILES string of the molecule is CC(C)(C)Oc1cc(NC(=O)OCc2ccccc2)cc(OC(C)(C)C)c1F. The number of hydrogen-bond donors (Lipinski definition) is 1. The first-order chi connectivity index (χ1) is 12.9. The van der Waals surface area contributed by atoms with Gasteiger partial charge in [-0.05, 0) is 47.1 Å². The normalized spacial score (nSPS) is 11.7. The third-order valence-corrected chi connectivity index (χ3v) is 3.30. The van der Waals surface area contributed by atoms with Gasteiger partial charge in [0.05, 0.1) is 5.69 Å². The maximum absolute atomic E-state index is 14.8. The fraction of sp³-hybridized carbons (Fsp3) is 0.409. The maximum Gasteiger partial charge on any atom is 0.411 e. The van der Waals surface area contributed by atoms with Crippen molar-refractivity contribution >= 4 is 11.8 Å². The molecule has 0 saturated heterocycles. The highest BCUT2D eigenvalue weighted by Gasteiger charge is 2.23. The number of benzene rings is 2. The first kappa shape index (κ1) is 21.5. The summed E-state index contributed by atoms with van der Waals surface area (Å²) in [4.78, 5) is 12.2. The van der Waals surface area contributed by atoms with Crippen molar-refractivity contribution < 1.29 is 23.4 Å². The fourth-order valence-electron chi connectivity index (χ4n) is 2.33. The Morgan fingerprint density at radius 2 is 1.43 bits per heavy atom. The van der Waals surface area contributed by atoms with E-state index in [2.05, 4.69) is 5.32 Å². The van der Waals surface area contributed by atoms with E-state index in [9.17, 15) is 9.18 Å². The van der Waals surface area contributed by atoms with E-state index in [0.717, 1.165) is 5.56 Å². The lowest BCUT2D eigenvalue weighted by atomic mass is 10.1. The van der Waals surface area contributed by atoms with Crippen LogP contribution in [0.2, 0.25) is 0 Å². The Morgan fingerprint density at radius 1 is 0.929 bits per heavy atom. The van der Waals surface area contributed by atoms with Crippen LogP contribution < -0.4 is 14.8 Å². The lowest BCUT2D eigenvalue weighted by Crippen LogP contribution is -2.26. The summed E-state index contributed by atoms with van der Waals surface area (Å²) in [5, 5.41) is 2.60. The summed E-state index contributed by atoms with van der Waals surface area (Å²) in [6, 6.07) is 12.2. The van der Waals surface area contributed by atoms with E-state index in [0.29, 0.717) is 5.69 Å². The minimum Gasteiger partial charge on any atom is -0.485 e. The Balaban J connectivity index is 2.20. The Labute approximate surface area is 165 Å². The van der Waals surface area contributed by atoms with Gasteiger partial charge in [-0.1, -0.05) is 30.3 Å². The molecule has 28 heavy (non-hydrogen) atoms. The second-order valence-corrected chi connectivity index (χ2v) is 8.40. The lowest BCUT2D eigenvalue weighted by molar-refractivity contribution is 0.109. The summed E-state index contributed by atoms with van der Waals surface area (Å²) in [6.07, 6.45) is -0.654. The summed E-state index contributed by atoms with van der Waals surface area (Å²) in [5.74, 6) is -0.631. The molecule has 0 aromatic heterocycles. The minimum atomic E-state index is -0.654. The second kappa shape index (κ2) is 8.50. The molecule has 0 saturated carbocycles. The quantitative estimate of drug-likeness (QED) is 0.689. The maximum atomic E-state index is 14.8. The summed E-state index contributed by atoms with van der Waals surface area (Å²) in [6.45, 7) is 11.0. The predicted octanol–water partition coefficient (Wildman–Crippen LogP) is 5.93. The standard InChI is InChI=1S/C22H28FNO4/c1-21(2,3)27-17-12-16(13-18(19(17)23)28-22(4,5)6)24-20(25)26-14-15-10-8-7-9-11-15/h7-13H,14H2,1-6H3,(H,24,25). The van der Waals surface area contributed by atoms with Crippen molar-refractivity contribution in [2.24, 2.45) is 0 Å². The molecule has 2 rings (SSSR count). The molecule has 5 nitrogen and oxygen atoms in total. The zero-order valence-electron chi connectivity index (χ0n) is 17.3. The molecule has 0 atom stereocenters. The van der Waals surface area contributed by atoms with Crippen molar-refractivity contribution in [3.8, 4) is 11.5 Å². The van der Waals surface area contributed by atoms with Gasteiger partial charge >= 0.3 is 6.09 Å². The Hall–Kier alpha value is -2.76. The monoisotopic (exact) mass is 389 g/mol. The lowest BCUT2D eigenvalue weighted by Gasteiger charge is -2.26. The van der Waals surface area contributed by atoms with E-state index < -0.39 is 23.1 Å². The van der Waals surface area contributed by atoms with Gasteiger partial charge in [-0.2, -0.15) is 4.39 Å². The minimum absolute atomic E-state index is 0.00684. The van der Waals surface area contributed by atoms with Crippen LogP contribution in [0, 0.1) is 5.82 Å². The van der Waals surface area contributed by atoms with Crippen LogP contribution in [0.15, 0.2) is 42.5 Å². The first-order valence-electron chi connectivity index (χ1n) is 9.12. The molecule has 0 aliphatic carbocycles. The summed E-state index contributed by atoms with van der Waals surface area (Å²) in [7, 11) is 0. The Bertz CT molecular complexity index is 771. The number of hydrogen-bond acceptors (Lipinski definition) is 4. The highest BCUT2D eigenvalue weighted by atomic mass is 19.1. The third kappa shape index (κ3) is 7.10. The highest BCUT2D eigenvalue weighted by Crippen LogP contribution is 2.35. The molecule has 1 amide bonds. The number of halogens is 1. The molecule has 2 aromatic carbocycles. The van der Waals surface area contributed by atoms with Gasteiger partial charge in [-0.3, -0.25) is 5.32 Å². The van der Waals surface area contributed by atoms with E-state index in [4.69, 9.17) is 14.2 Å². The largest absolute Gasteiger partial charge is 0.485 e. The third-order valence-electron chi connectivity index (χ3n) is 3.30. The van der Waals surface area contributed by atoms with Crippen molar-refractivity contribution in [1.29, 1.82) is 0 Å². The summed E-state index contributed by atoms with van der Waals surface area (Å²) in [5.41, 5.74) is -0.0540. The molecule has 0 aliphatic heterocycles. The molecule has 0 heterocycles. The first-order valence-corrected chi connectivity index (χ1v) is 9.12. The summed E-state index contributed by atoms with van der Waals surface area (Å²) < 4.78 is 31.4. The number of amides is 1. The second-order valence-electron chi connectivity index (χ2n) is 8.40. The van der Waals surface area contributed by atoms with E-state index in [1.807, 2.05) is 71.9 Å². The molecule has 6 heteroatoms. The van der Waals surface area contributed by atoms with Gasteiger partial charge in [0.25, 0.3) is 0 Å². The molecular weight excluding hydrogens is 361 g/mol. The molecule has 0 aliphatic rings. The number of anilines is 1. The van der Waals surface area contributed by atoms with Crippen LogP contribution in [0.5, 0.6) is 11.5 Å². The van der Waals surface area contributed by atoms with Crippen molar-refractivity contribution in [2.75, 3.05) is 5.32 Å². The van der Waals surface area contributed by atoms with Crippen molar-refractivity contribution in [2.45, 2.75) is 59.4 Å². The van der Waals surface area contributed by atoms with Crippen LogP contribution in [0.4, 0.5) is 14.9 Å². The molecule has 0 bridgehead atoms. The van der Waals surface area contributed by atoms with Crippen molar-refractivity contribution in [3.05, 3.63) is 53.8 Å². The number of nitrogens with one attached hydrogen (secondary N) is 1. The van der Waals surface area contributed by atoms with Gasteiger partial charge in [0.1, 0.15) is 17.8 Å². The van der Waals surface area contributed by atoms with Gasteiger partial charge in [0.15, 0.2) is 11.5 Å². The Morgan fingerprint density at radius 3 is 1.89 bits per heavy atom. The van der Waals surface area contributed by atoms with E-state index in [1.54, 1.807) is 0 Å². The van der Waals surface area contributed by atoms with Gasteiger partial charge in [-0.25, -0.2) is 4.79 Å². The van der Waals surface area contributed by atoms with Gasteiger partial charge in [0.2, 0.25) is 5.82 Å². The molecule has 0 radical (unpaired) electrons. The van der Waals surface area contributed by atoms with Gasteiger partial charge < -0.3 is 14.2 Å². The van der Waals surface area contributed by atoms with Crippen molar-refractivity contribution in [3.63, 3.8) is 0 Å². The number of carbonyl (C=O) groups is 1. The Kier molecular flexibility index (Phi) is 6.54. The topological polar surface area (TPSA) is 56.8 Å². The summed E-state index contributed by atoms with van der Waals surface area (Å²) >= 11 is 0. The highest BCUT2D eigenvalue weighted by molar-refractivity contribution is 5.85. The number of carbonyl (C=O) groups excluding carboxylic acids is 1. The van der Waals surface area contributed by atoms with Crippen LogP contribution in [-0.4, -0.2) is 17.3 Å². The molecule has 2 aromatic rings. The van der Waals surface area contributed by atoms with Crippen LogP contribution in [0.3, 0.4) is 0 Å². The molecule has 152 valence electrons. The average Bonchev–Trinajstić information content (AvgIpc) is 2.55. The van der Waals surface area contributed by atoms with E-state index >= 15 is 0 Å². The van der Waals surface area contributed by atoms with E-state index in [-0.39, 0.29) is 18.1 Å². The molecule has 0 spiro atoms. The van der Waals surface area contributed by atoms with Crippen LogP contribution >= 0.6 is 0 Å². The van der Waals surface area contributed by atoms with Gasteiger partial charge in [-0.15, -0.1) is 0 Å². The van der Waals surface area contributed by atoms with E-state index in [1.165, 1.54) is 12.1 Å². The molecular formula is C22H28FNO4. The van der Waals surface area contributed by atoms with Crippen LogP contribution in [0.1, 0.15) is 47.1 Å².